The molecule has 2 aliphatic rings. The van der Waals surface area contributed by atoms with Crippen LogP contribution in [0.25, 0.3) is 0 Å². The smallest absolute Gasteiger partial charge is 0.279 e. The third kappa shape index (κ3) is 3.66. The SMILES string of the molecule is CCc1ccc(N2C(=NC(=O)c3ccccc3)SC3CS(=O)(=O)CC32)cc1. The van der Waals surface area contributed by atoms with E-state index < -0.39 is 9.84 Å². The largest absolute Gasteiger partial charge is 0.316 e. The number of rotatable bonds is 3. The first-order valence-electron chi connectivity index (χ1n) is 8.90. The predicted molar refractivity (Wildman–Crippen MR) is 110 cm³/mol. The number of fused-ring (bicyclic) bond motifs is 1. The molecule has 27 heavy (non-hydrogen) atoms. The fraction of sp³-hybridized carbons (Fsp3) is 0.300. The van der Waals surface area contributed by atoms with E-state index in [0.29, 0.717) is 10.7 Å². The van der Waals surface area contributed by atoms with Crippen LogP contribution < -0.4 is 4.90 Å². The summed E-state index contributed by atoms with van der Waals surface area (Å²) in [4.78, 5) is 18.9. The van der Waals surface area contributed by atoms with Gasteiger partial charge in [0, 0.05) is 16.5 Å². The minimum Gasteiger partial charge on any atom is -0.316 e. The second kappa shape index (κ2) is 7.13. The number of aliphatic imine (C=N–C) groups is 1. The van der Waals surface area contributed by atoms with Gasteiger partial charge in [0.05, 0.1) is 17.5 Å². The van der Waals surface area contributed by atoms with Crippen molar-refractivity contribution in [1.82, 2.24) is 0 Å². The number of thioether (sulfide) groups is 1. The molecule has 2 fully saturated rings. The summed E-state index contributed by atoms with van der Waals surface area (Å²) in [5.41, 5.74) is 2.61. The van der Waals surface area contributed by atoms with Crippen LogP contribution >= 0.6 is 11.8 Å². The van der Waals surface area contributed by atoms with E-state index in [1.807, 2.05) is 35.2 Å². The van der Waals surface area contributed by atoms with Gasteiger partial charge in [0.1, 0.15) is 0 Å². The second-order valence-electron chi connectivity index (χ2n) is 6.76. The molecule has 0 saturated carbocycles. The molecular formula is C20H20N2O3S2. The average Bonchev–Trinajstić information content (AvgIpc) is 3.13. The van der Waals surface area contributed by atoms with Crippen molar-refractivity contribution in [2.45, 2.75) is 24.6 Å². The number of carbonyl (C=O) groups excluding carboxylic acids is 1. The Bertz CT molecular complexity index is 986. The number of anilines is 1. The van der Waals surface area contributed by atoms with Crippen molar-refractivity contribution < 1.29 is 13.2 Å². The zero-order valence-electron chi connectivity index (χ0n) is 14.9. The summed E-state index contributed by atoms with van der Waals surface area (Å²) in [5, 5.41) is 0.487. The molecule has 0 aliphatic carbocycles. The lowest BCUT2D eigenvalue weighted by Gasteiger charge is -2.24. The van der Waals surface area contributed by atoms with Crippen molar-refractivity contribution in [3.8, 4) is 0 Å². The molecule has 0 radical (unpaired) electrons. The maximum Gasteiger partial charge on any atom is 0.279 e. The van der Waals surface area contributed by atoms with Gasteiger partial charge in [-0.2, -0.15) is 4.99 Å². The van der Waals surface area contributed by atoms with Crippen LogP contribution in [0.2, 0.25) is 0 Å². The third-order valence-corrected chi connectivity index (χ3v) is 8.12. The van der Waals surface area contributed by atoms with Gasteiger partial charge in [0.15, 0.2) is 15.0 Å². The predicted octanol–water partition coefficient (Wildman–Crippen LogP) is 3.16. The van der Waals surface area contributed by atoms with E-state index in [-0.39, 0.29) is 28.7 Å². The Morgan fingerprint density at radius 3 is 2.48 bits per heavy atom. The summed E-state index contributed by atoms with van der Waals surface area (Å²) in [5.74, 6) is -0.0838. The number of carbonyl (C=O) groups is 1. The maximum atomic E-state index is 12.6. The zero-order chi connectivity index (χ0) is 19.0. The molecule has 2 atom stereocenters. The number of hydrogen-bond donors (Lipinski definition) is 0. The summed E-state index contributed by atoms with van der Waals surface area (Å²) in [7, 11) is -3.07. The van der Waals surface area contributed by atoms with Gasteiger partial charge in [-0.05, 0) is 36.2 Å². The van der Waals surface area contributed by atoms with Crippen LogP contribution in [-0.2, 0) is 16.3 Å². The molecule has 5 nitrogen and oxygen atoms in total. The van der Waals surface area contributed by atoms with Gasteiger partial charge in [-0.15, -0.1) is 0 Å². The number of nitrogens with zero attached hydrogens (tertiary/aromatic N) is 2. The Labute approximate surface area is 163 Å². The molecule has 2 aromatic carbocycles. The first-order valence-corrected chi connectivity index (χ1v) is 11.6. The van der Waals surface area contributed by atoms with Crippen molar-refractivity contribution in [3.63, 3.8) is 0 Å². The topological polar surface area (TPSA) is 66.8 Å². The first-order chi connectivity index (χ1) is 13.0. The Hall–Kier alpha value is -2.12. The van der Waals surface area contributed by atoms with E-state index in [1.165, 1.54) is 17.3 Å². The van der Waals surface area contributed by atoms with Crippen molar-refractivity contribution in [2.24, 2.45) is 4.99 Å². The van der Waals surface area contributed by atoms with E-state index in [0.717, 1.165) is 12.1 Å². The van der Waals surface area contributed by atoms with E-state index in [2.05, 4.69) is 11.9 Å². The first kappa shape index (κ1) is 18.3. The molecule has 4 rings (SSSR count). The molecule has 1 amide bonds. The highest BCUT2D eigenvalue weighted by Crippen LogP contribution is 2.41. The van der Waals surface area contributed by atoms with Gasteiger partial charge in [0.2, 0.25) is 0 Å². The normalized spacial score (nSPS) is 24.9. The van der Waals surface area contributed by atoms with Gasteiger partial charge < -0.3 is 4.90 Å². The second-order valence-corrected chi connectivity index (χ2v) is 10.1. The number of amides is 1. The van der Waals surface area contributed by atoms with Crippen LogP contribution in [0.5, 0.6) is 0 Å². The summed E-state index contributed by atoms with van der Waals surface area (Å²) < 4.78 is 24.3. The molecule has 140 valence electrons. The number of benzene rings is 2. The van der Waals surface area contributed by atoms with E-state index in [1.54, 1.807) is 24.3 Å². The molecule has 2 unspecified atom stereocenters. The lowest BCUT2D eigenvalue weighted by molar-refractivity contribution is 0.100. The Morgan fingerprint density at radius 1 is 1.11 bits per heavy atom. The maximum absolute atomic E-state index is 12.6. The summed E-state index contributed by atoms with van der Waals surface area (Å²) in [6.07, 6.45) is 0.933. The van der Waals surface area contributed by atoms with Gasteiger partial charge in [-0.1, -0.05) is 49.0 Å². The van der Waals surface area contributed by atoms with Crippen molar-refractivity contribution >= 4 is 38.4 Å². The quantitative estimate of drug-likeness (QED) is 0.792. The van der Waals surface area contributed by atoms with Crippen molar-refractivity contribution in [2.75, 3.05) is 16.4 Å². The Kier molecular flexibility index (Phi) is 4.82. The van der Waals surface area contributed by atoms with Crippen LogP contribution in [-0.4, -0.2) is 42.3 Å². The highest BCUT2D eigenvalue weighted by molar-refractivity contribution is 8.16. The molecule has 2 aliphatic heterocycles. The number of amidine groups is 1. The average molecular weight is 401 g/mol. The molecule has 0 aromatic heterocycles. The third-order valence-electron chi connectivity index (χ3n) is 4.91. The van der Waals surface area contributed by atoms with Crippen LogP contribution in [0.1, 0.15) is 22.8 Å². The van der Waals surface area contributed by atoms with Gasteiger partial charge in [-0.25, -0.2) is 8.42 Å². The van der Waals surface area contributed by atoms with Crippen molar-refractivity contribution in [1.29, 1.82) is 0 Å². The highest BCUT2D eigenvalue weighted by Gasteiger charge is 2.49. The van der Waals surface area contributed by atoms with Crippen LogP contribution in [0, 0.1) is 0 Å². The molecule has 2 heterocycles. The van der Waals surface area contributed by atoms with Gasteiger partial charge in [-0.3, -0.25) is 4.79 Å². The summed E-state index contributed by atoms with van der Waals surface area (Å²) in [6, 6.07) is 16.8. The fourth-order valence-corrected chi connectivity index (χ4v) is 7.40. The molecule has 0 spiro atoms. The standard InChI is InChI=1S/C20H20N2O3S2/c1-2-14-8-10-16(11-9-14)22-17-12-27(24,25)13-18(17)26-20(22)21-19(23)15-6-4-3-5-7-15/h3-11,17-18H,2,12-13H2,1H3. The van der Waals surface area contributed by atoms with E-state index in [9.17, 15) is 13.2 Å². The number of hydrogen-bond acceptors (Lipinski definition) is 4. The lowest BCUT2D eigenvalue weighted by Crippen LogP contribution is -2.37. The van der Waals surface area contributed by atoms with Crippen LogP contribution in [0.4, 0.5) is 5.69 Å². The minimum atomic E-state index is -3.07. The molecule has 0 N–H and O–H groups in total. The molecule has 7 heteroatoms. The fourth-order valence-electron chi connectivity index (χ4n) is 3.49. The summed E-state index contributed by atoms with van der Waals surface area (Å²) in [6.45, 7) is 2.09. The lowest BCUT2D eigenvalue weighted by atomic mass is 10.1. The number of sulfone groups is 1. The molecule has 2 aromatic rings. The zero-order valence-corrected chi connectivity index (χ0v) is 16.5. The molecule has 2 saturated heterocycles. The Morgan fingerprint density at radius 2 is 1.81 bits per heavy atom. The van der Waals surface area contributed by atoms with E-state index in [4.69, 9.17) is 0 Å². The Balaban J connectivity index is 1.71. The van der Waals surface area contributed by atoms with Gasteiger partial charge in [0.25, 0.3) is 5.91 Å². The summed E-state index contributed by atoms with van der Waals surface area (Å²) >= 11 is 1.40. The van der Waals surface area contributed by atoms with Crippen molar-refractivity contribution in [3.05, 3.63) is 65.7 Å². The molecule has 0 bridgehead atoms. The number of aryl methyl sites for hydroxylation is 1. The van der Waals surface area contributed by atoms with E-state index >= 15 is 0 Å². The highest BCUT2D eigenvalue weighted by atomic mass is 32.2. The minimum absolute atomic E-state index is 0.0943. The monoisotopic (exact) mass is 400 g/mol. The van der Waals surface area contributed by atoms with Crippen LogP contribution in [0.15, 0.2) is 59.6 Å². The van der Waals surface area contributed by atoms with Crippen LogP contribution in [0.3, 0.4) is 0 Å². The van der Waals surface area contributed by atoms with Gasteiger partial charge >= 0.3 is 0 Å². The molecular weight excluding hydrogens is 380 g/mol.